The van der Waals surface area contributed by atoms with Gasteiger partial charge in [0.1, 0.15) is 11.9 Å². The van der Waals surface area contributed by atoms with Gasteiger partial charge in [-0.3, -0.25) is 4.79 Å². The van der Waals surface area contributed by atoms with E-state index >= 15 is 0 Å². The second-order valence-electron chi connectivity index (χ2n) is 4.71. The molecule has 4 nitrogen and oxygen atoms in total. The molecule has 1 saturated heterocycles. The Morgan fingerprint density at radius 1 is 1.32 bits per heavy atom. The van der Waals surface area contributed by atoms with Crippen LogP contribution in [0.4, 0.5) is 4.39 Å². The van der Waals surface area contributed by atoms with Gasteiger partial charge in [-0.15, -0.1) is 0 Å². The summed E-state index contributed by atoms with van der Waals surface area (Å²) in [5.74, 6) is -1.74. The molecule has 0 radical (unpaired) electrons. The number of carboxylic acid groups (broad SMARTS) is 1. The SMILES string of the molecule is O=C(O)C1CCCCN1C(=O)Cc1ccccc1F. The van der Waals surface area contributed by atoms with Crippen molar-refractivity contribution in [2.75, 3.05) is 6.54 Å². The number of hydrogen-bond donors (Lipinski definition) is 1. The number of rotatable bonds is 3. The molecular weight excluding hydrogens is 249 g/mol. The molecule has 0 spiro atoms. The first kappa shape index (κ1) is 13.5. The van der Waals surface area contributed by atoms with Crippen LogP contribution in [-0.2, 0) is 16.0 Å². The van der Waals surface area contributed by atoms with Gasteiger partial charge in [-0.1, -0.05) is 18.2 Å². The van der Waals surface area contributed by atoms with Gasteiger partial charge in [-0.2, -0.15) is 0 Å². The third-order valence-electron chi connectivity index (χ3n) is 3.41. The number of carbonyl (C=O) groups is 2. The van der Waals surface area contributed by atoms with E-state index in [1.165, 1.54) is 11.0 Å². The minimum absolute atomic E-state index is 0.0869. The van der Waals surface area contributed by atoms with Crippen LogP contribution in [0.1, 0.15) is 24.8 Å². The van der Waals surface area contributed by atoms with Crippen molar-refractivity contribution in [2.45, 2.75) is 31.7 Å². The first-order chi connectivity index (χ1) is 9.09. The molecule has 1 aliphatic rings. The minimum atomic E-state index is -0.985. The molecule has 5 heteroatoms. The number of carbonyl (C=O) groups excluding carboxylic acids is 1. The van der Waals surface area contributed by atoms with Gasteiger partial charge in [0.2, 0.25) is 5.91 Å². The predicted octanol–water partition coefficient (Wildman–Crippen LogP) is 1.83. The van der Waals surface area contributed by atoms with E-state index in [1.54, 1.807) is 18.2 Å². The Kier molecular flexibility index (Phi) is 4.14. The standard InChI is InChI=1S/C14H16FNO3/c15-11-6-2-1-5-10(11)9-13(17)16-8-4-3-7-12(16)14(18)19/h1-2,5-6,12H,3-4,7-9H2,(H,18,19). The zero-order chi connectivity index (χ0) is 13.8. The van der Waals surface area contributed by atoms with E-state index in [0.717, 1.165) is 12.8 Å². The van der Waals surface area contributed by atoms with Crippen molar-refractivity contribution >= 4 is 11.9 Å². The third kappa shape index (κ3) is 3.10. The molecule has 0 aromatic heterocycles. The van der Waals surface area contributed by atoms with E-state index in [0.29, 0.717) is 18.5 Å². The minimum Gasteiger partial charge on any atom is -0.480 e. The van der Waals surface area contributed by atoms with Gasteiger partial charge >= 0.3 is 5.97 Å². The molecule has 102 valence electrons. The number of halogens is 1. The van der Waals surface area contributed by atoms with Crippen molar-refractivity contribution in [3.63, 3.8) is 0 Å². The van der Waals surface area contributed by atoms with Crippen molar-refractivity contribution in [2.24, 2.45) is 0 Å². The number of benzene rings is 1. The van der Waals surface area contributed by atoms with E-state index < -0.39 is 17.8 Å². The zero-order valence-corrected chi connectivity index (χ0v) is 10.5. The van der Waals surface area contributed by atoms with Crippen LogP contribution < -0.4 is 0 Å². The van der Waals surface area contributed by atoms with Gasteiger partial charge in [0.15, 0.2) is 0 Å². The van der Waals surface area contributed by atoms with E-state index in [2.05, 4.69) is 0 Å². The Bertz CT molecular complexity index is 489. The van der Waals surface area contributed by atoms with Gasteiger partial charge in [0.25, 0.3) is 0 Å². The Balaban J connectivity index is 2.10. The van der Waals surface area contributed by atoms with Crippen LogP contribution in [0.25, 0.3) is 0 Å². The van der Waals surface area contributed by atoms with Crippen molar-refractivity contribution < 1.29 is 19.1 Å². The third-order valence-corrected chi connectivity index (χ3v) is 3.41. The summed E-state index contributed by atoms with van der Waals surface area (Å²) in [6.45, 7) is 0.435. The van der Waals surface area contributed by atoms with Crippen molar-refractivity contribution in [1.82, 2.24) is 4.90 Å². The summed E-state index contributed by atoms with van der Waals surface area (Å²) in [7, 11) is 0. The first-order valence-electron chi connectivity index (χ1n) is 6.35. The first-order valence-corrected chi connectivity index (χ1v) is 6.35. The fourth-order valence-corrected chi connectivity index (χ4v) is 2.39. The van der Waals surface area contributed by atoms with Gasteiger partial charge in [-0.25, -0.2) is 9.18 Å². The molecule has 0 aliphatic carbocycles. The number of likely N-dealkylation sites (tertiary alicyclic amines) is 1. The van der Waals surface area contributed by atoms with Crippen molar-refractivity contribution in [3.05, 3.63) is 35.6 Å². The van der Waals surface area contributed by atoms with Gasteiger partial charge in [0, 0.05) is 6.54 Å². The lowest BCUT2D eigenvalue weighted by atomic mass is 10.0. The fraction of sp³-hybridized carbons (Fsp3) is 0.429. The highest BCUT2D eigenvalue weighted by molar-refractivity contribution is 5.85. The summed E-state index contributed by atoms with van der Waals surface area (Å²) in [5, 5.41) is 9.11. The average Bonchev–Trinajstić information content (AvgIpc) is 2.41. The molecule has 1 unspecified atom stereocenters. The summed E-state index contributed by atoms with van der Waals surface area (Å²) in [6.07, 6.45) is 1.99. The summed E-state index contributed by atoms with van der Waals surface area (Å²) < 4.78 is 13.5. The molecule has 0 saturated carbocycles. The summed E-state index contributed by atoms with van der Waals surface area (Å²) in [6, 6.07) is 5.30. The topological polar surface area (TPSA) is 57.6 Å². The quantitative estimate of drug-likeness (QED) is 0.907. The molecule has 0 bridgehead atoms. The van der Waals surface area contributed by atoms with E-state index in [1.807, 2.05) is 0 Å². The highest BCUT2D eigenvalue weighted by Gasteiger charge is 2.31. The molecule has 1 N–H and O–H groups in total. The fourth-order valence-electron chi connectivity index (χ4n) is 2.39. The Hall–Kier alpha value is -1.91. The van der Waals surface area contributed by atoms with E-state index in [4.69, 9.17) is 5.11 Å². The monoisotopic (exact) mass is 265 g/mol. The maximum absolute atomic E-state index is 13.5. The number of aliphatic carboxylic acids is 1. The number of hydrogen-bond acceptors (Lipinski definition) is 2. The molecule has 1 aliphatic heterocycles. The summed E-state index contributed by atoms with van der Waals surface area (Å²) in [4.78, 5) is 24.6. The van der Waals surface area contributed by atoms with Gasteiger partial charge in [0.05, 0.1) is 6.42 Å². The molecule has 1 amide bonds. The molecule has 1 aromatic rings. The highest BCUT2D eigenvalue weighted by Crippen LogP contribution is 2.19. The summed E-state index contributed by atoms with van der Waals surface area (Å²) in [5.41, 5.74) is 0.308. The maximum atomic E-state index is 13.5. The second kappa shape index (κ2) is 5.82. The largest absolute Gasteiger partial charge is 0.480 e. The van der Waals surface area contributed by atoms with Crippen molar-refractivity contribution in [1.29, 1.82) is 0 Å². The van der Waals surface area contributed by atoms with Gasteiger partial charge in [-0.05, 0) is 30.9 Å². The van der Waals surface area contributed by atoms with Crippen LogP contribution in [0, 0.1) is 5.82 Å². The lowest BCUT2D eigenvalue weighted by molar-refractivity contribution is -0.151. The smallest absolute Gasteiger partial charge is 0.326 e. The molecule has 1 heterocycles. The lowest BCUT2D eigenvalue weighted by Gasteiger charge is -2.33. The predicted molar refractivity (Wildman–Crippen MR) is 67.1 cm³/mol. The van der Waals surface area contributed by atoms with E-state index in [9.17, 15) is 14.0 Å². The summed E-state index contributed by atoms with van der Waals surface area (Å²) >= 11 is 0. The molecule has 1 aromatic carbocycles. The molecule has 1 atom stereocenters. The zero-order valence-electron chi connectivity index (χ0n) is 10.5. The average molecular weight is 265 g/mol. The highest BCUT2D eigenvalue weighted by atomic mass is 19.1. The molecule has 2 rings (SSSR count). The van der Waals surface area contributed by atoms with Crippen LogP contribution in [0.5, 0.6) is 0 Å². The maximum Gasteiger partial charge on any atom is 0.326 e. The lowest BCUT2D eigenvalue weighted by Crippen LogP contribution is -2.48. The van der Waals surface area contributed by atoms with Crippen LogP contribution in [0.3, 0.4) is 0 Å². The van der Waals surface area contributed by atoms with Crippen LogP contribution in [-0.4, -0.2) is 34.5 Å². The Morgan fingerprint density at radius 3 is 2.74 bits per heavy atom. The van der Waals surface area contributed by atoms with Crippen molar-refractivity contribution in [3.8, 4) is 0 Å². The van der Waals surface area contributed by atoms with E-state index in [-0.39, 0.29) is 12.3 Å². The Labute approximate surface area is 110 Å². The van der Waals surface area contributed by atoms with Crippen LogP contribution in [0.15, 0.2) is 24.3 Å². The molecule has 1 fully saturated rings. The normalized spacial score (nSPS) is 19.2. The molecule has 19 heavy (non-hydrogen) atoms. The molecular formula is C14H16FNO3. The number of piperidine rings is 1. The Morgan fingerprint density at radius 2 is 2.05 bits per heavy atom. The number of amides is 1. The van der Waals surface area contributed by atoms with Crippen LogP contribution in [0.2, 0.25) is 0 Å². The number of carboxylic acids is 1. The van der Waals surface area contributed by atoms with Crippen LogP contribution >= 0.6 is 0 Å². The second-order valence-corrected chi connectivity index (χ2v) is 4.71. The number of nitrogens with zero attached hydrogens (tertiary/aromatic N) is 1. The van der Waals surface area contributed by atoms with Gasteiger partial charge < -0.3 is 10.0 Å².